The summed E-state index contributed by atoms with van der Waals surface area (Å²) in [6.45, 7) is 0. The van der Waals surface area contributed by atoms with Gasteiger partial charge in [0.1, 0.15) is 6.42 Å². The van der Waals surface area contributed by atoms with E-state index in [1.54, 1.807) is 0 Å². The Labute approximate surface area is 44.9 Å². The van der Waals surface area contributed by atoms with E-state index in [4.69, 9.17) is 5.11 Å². The molecule has 1 N–H and O–H groups in total. The Bertz CT molecular complexity index is 86.4. The Kier molecular flexibility index (Phi) is 2.37. The molecule has 0 rings (SSSR count). The minimum atomic E-state index is -1.19. The standard InChI is InChI=1S/C3H3ClO3/c4-2(5)1-3(6)7/h1H2,(H,6,7). The molecule has 0 atom stereocenters. The molecule has 0 aromatic carbocycles. The van der Waals surface area contributed by atoms with Crippen LogP contribution in [0.1, 0.15) is 6.42 Å². The fourth-order valence-corrected chi connectivity index (χ4v) is 0.233. The van der Waals surface area contributed by atoms with E-state index in [0.29, 0.717) is 0 Å². The molecule has 0 bridgehead atoms. The van der Waals surface area contributed by atoms with Crippen LogP contribution in [-0.4, -0.2) is 16.3 Å². The van der Waals surface area contributed by atoms with Crippen LogP contribution >= 0.6 is 11.6 Å². The number of carbonyl (C=O) groups is 2. The number of carbonyl (C=O) groups excluding carboxylic acids is 1. The van der Waals surface area contributed by atoms with Crippen LogP contribution in [0, 0.1) is 0 Å². The number of hydrogen-bond donors (Lipinski definition) is 1. The fourth-order valence-electron chi connectivity index (χ4n) is 0.119. The first-order valence-corrected chi connectivity index (χ1v) is 1.91. The number of carboxylic acid groups (broad SMARTS) is 1. The highest BCUT2D eigenvalue weighted by atomic mass is 35.5. The van der Waals surface area contributed by atoms with Crippen molar-refractivity contribution >= 4 is 22.8 Å². The Balaban J connectivity index is 3.32. The molecule has 0 spiro atoms. The first-order valence-electron chi connectivity index (χ1n) is 1.53. The third-order valence-electron chi connectivity index (χ3n) is 0.290. The van der Waals surface area contributed by atoms with Gasteiger partial charge in [-0.05, 0) is 11.6 Å². The molecule has 4 heteroatoms. The van der Waals surface area contributed by atoms with Gasteiger partial charge >= 0.3 is 5.97 Å². The van der Waals surface area contributed by atoms with Crippen LogP contribution in [0.4, 0.5) is 0 Å². The molecule has 0 aromatic rings. The van der Waals surface area contributed by atoms with Gasteiger partial charge in [-0.1, -0.05) is 0 Å². The number of rotatable bonds is 2. The monoisotopic (exact) mass is 122 g/mol. The molecule has 0 aliphatic heterocycles. The molecular formula is C3H3ClO3. The van der Waals surface area contributed by atoms with Crippen molar-refractivity contribution in [2.45, 2.75) is 6.42 Å². The summed E-state index contributed by atoms with van der Waals surface area (Å²) < 4.78 is 0. The first-order chi connectivity index (χ1) is 3.13. The molecule has 0 radical (unpaired) electrons. The van der Waals surface area contributed by atoms with Gasteiger partial charge in [-0.3, -0.25) is 9.59 Å². The lowest BCUT2D eigenvalue weighted by atomic mass is 10.5. The maximum atomic E-state index is 9.64. The summed E-state index contributed by atoms with van der Waals surface area (Å²) in [5, 5.41) is 6.94. The molecule has 0 fully saturated rings. The third kappa shape index (κ3) is 5.43. The lowest BCUT2D eigenvalue weighted by Crippen LogP contribution is -1.98. The van der Waals surface area contributed by atoms with Crippen molar-refractivity contribution in [3.05, 3.63) is 0 Å². The van der Waals surface area contributed by atoms with Crippen molar-refractivity contribution in [1.82, 2.24) is 0 Å². The summed E-state index contributed by atoms with van der Waals surface area (Å²) in [6.07, 6.45) is -0.596. The molecule has 7 heavy (non-hydrogen) atoms. The second kappa shape index (κ2) is 2.58. The van der Waals surface area contributed by atoms with E-state index in [9.17, 15) is 9.59 Å². The zero-order chi connectivity index (χ0) is 5.86. The van der Waals surface area contributed by atoms with Crippen molar-refractivity contribution in [3.8, 4) is 0 Å². The van der Waals surface area contributed by atoms with Crippen LogP contribution in [0.5, 0.6) is 0 Å². The topological polar surface area (TPSA) is 54.4 Å². The van der Waals surface area contributed by atoms with Crippen molar-refractivity contribution in [2.24, 2.45) is 0 Å². The van der Waals surface area contributed by atoms with E-state index in [1.807, 2.05) is 0 Å². The second-order valence-corrected chi connectivity index (χ2v) is 1.35. The molecule has 40 valence electrons. The second-order valence-electron chi connectivity index (χ2n) is 0.926. The van der Waals surface area contributed by atoms with E-state index in [2.05, 4.69) is 11.6 Å². The van der Waals surface area contributed by atoms with Gasteiger partial charge in [0.2, 0.25) is 5.24 Å². The van der Waals surface area contributed by atoms with E-state index >= 15 is 0 Å². The molecule has 0 saturated heterocycles. The lowest BCUT2D eigenvalue weighted by Gasteiger charge is -1.78. The summed E-state index contributed by atoms with van der Waals surface area (Å²) in [6, 6.07) is 0. The summed E-state index contributed by atoms with van der Waals surface area (Å²) in [5.74, 6) is -1.19. The summed E-state index contributed by atoms with van der Waals surface area (Å²) >= 11 is 4.65. The Morgan fingerprint density at radius 1 is 1.57 bits per heavy atom. The average Bonchev–Trinajstić information content (AvgIpc) is 1.27. The molecule has 0 unspecified atom stereocenters. The zero-order valence-corrected chi connectivity index (χ0v) is 4.10. The van der Waals surface area contributed by atoms with Gasteiger partial charge in [-0.2, -0.15) is 0 Å². The minimum Gasteiger partial charge on any atom is -0.481 e. The van der Waals surface area contributed by atoms with E-state index in [0.717, 1.165) is 0 Å². The van der Waals surface area contributed by atoms with Gasteiger partial charge in [0.15, 0.2) is 0 Å². The van der Waals surface area contributed by atoms with E-state index in [1.165, 1.54) is 0 Å². The summed E-state index contributed by atoms with van der Waals surface area (Å²) in [7, 11) is 0. The molecule has 0 amide bonds. The fraction of sp³-hybridized carbons (Fsp3) is 0.333. The van der Waals surface area contributed by atoms with Gasteiger partial charge < -0.3 is 5.11 Å². The van der Waals surface area contributed by atoms with Crippen LogP contribution < -0.4 is 0 Å². The van der Waals surface area contributed by atoms with Crippen LogP contribution in [0.25, 0.3) is 0 Å². The van der Waals surface area contributed by atoms with Crippen molar-refractivity contribution < 1.29 is 14.7 Å². The van der Waals surface area contributed by atoms with Crippen LogP contribution in [0.3, 0.4) is 0 Å². The normalized spacial score (nSPS) is 8.14. The van der Waals surface area contributed by atoms with E-state index in [-0.39, 0.29) is 0 Å². The predicted molar refractivity (Wildman–Crippen MR) is 23.1 cm³/mol. The molecular weight excluding hydrogens is 119 g/mol. The van der Waals surface area contributed by atoms with Crippen molar-refractivity contribution in [2.75, 3.05) is 0 Å². The van der Waals surface area contributed by atoms with Crippen LogP contribution in [0.2, 0.25) is 0 Å². The Morgan fingerprint density at radius 2 is 2.00 bits per heavy atom. The highest BCUT2D eigenvalue weighted by Gasteiger charge is 2.00. The number of aliphatic carboxylic acids is 1. The molecule has 0 aromatic heterocycles. The van der Waals surface area contributed by atoms with Crippen LogP contribution in [0.15, 0.2) is 0 Å². The molecule has 3 nitrogen and oxygen atoms in total. The maximum Gasteiger partial charge on any atom is 0.312 e. The van der Waals surface area contributed by atoms with Gasteiger partial charge in [-0.15, -0.1) is 0 Å². The molecule has 0 aliphatic carbocycles. The van der Waals surface area contributed by atoms with Crippen LogP contribution in [-0.2, 0) is 9.59 Å². The predicted octanol–water partition coefficient (Wildman–Crippen LogP) is 0.227. The lowest BCUT2D eigenvalue weighted by molar-refractivity contribution is -0.138. The molecule has 0 aliphatic rings. The average molecular weight is 123 g/mol. The first kappa shape index (κ1) is 6.43. The minimum absolute atomic E-state index is 0.596. The quantitative estimate of drug-likeness (QED) is 0.421. The SMILES string of the molecule is O=C(O)CC(=O)Cl. The van der Waals surface area contributed by atoms with Gasteiger partial charge in [0.25, 0.3) is 0 Å². The zero-order valence-electron chi connectivity index (χ0n) is 3.35. The highest BCUT2D eigenvalue weighted by Crippen LogP contribution is 1.85. The van der Waals surface area contributed by atoms with Crippen molar-refractivity contribution in [1.29, 1.82) is 0 Å². The Morgan fingerprint density at radius 3 is 2.00 bits per heavy atom. The number of halogens is 1. The number of hydrogen-bond acceptors (Lipinski definition) is 2. The largest absolute Gasteiger partial charge is 0.481 e. The smallest absolute Gasteiger partial charge is 0.312 e. The van der Waals surface area contributed by atoms with E-state index < -0.39 is 17.6 Å². The van der Waals surface area contributed by atoms with Gasteiger partial charge in [0.05, 0.1) is 0 Å². The summed E-state index contributed by atoms with van der Waals surface area (Å²) in [5.41, 5.74) is 0. The van der Waals surface area contributed by atoms with Crippen molar-refractivity contribution in [3.63, 3.8) is 0 Å². The molecule has 0 heterocycles. The van der Waals surface area contributed by atoms with Gasteiger partial charge in [0, 0.05) is 0 Å². The Hall–Kier alpha value is -0.570. The number of carboxylic acids is 1. The van der Waals surface area contributed by atoms with Gasteiger partial charge in [-0.25, -0.2) is 0 Å². The maximum absolute atomic E-state index is 9.64. The third-order valence-corrected chi connectivity index (χ3v) is 0.424. The highest BCUT2D eigenvalue weighted by molar-refractivity contribution is 6.64. The summed E-state index contributed by atoms with van der Waals surface area (Å²) in [4.78, 5) is 19.1. The molecule has 0 saturated carbocycles.